The lowest BCUT2D eigenvalue weighted by molar-refractivity contribution is -0.384. The Morgan fingerprint density at radius 3 is 2.35 bits per heavy atom. The summed E-state index contributed by atoms with van der Waals surface area (Å²) in [5.41, 5.74) is 0.617. The molecule has 1 aromatic rings. The second kappa shape index (κ2) is 9.97. The summed E-state index contributed by atoms with van der Waals surface area (Å²) in [5, 5.41) is 11.5. The van der Waals surface area contributed by atoms with Crippen LogP contribution in [-0.4, -0.2) is 50.5 Å². The molecule has 0 atom stereocenters. The number of carbonyl (C=O) groups excluding carboxylic acids is 2. The fourth-order valence-corrected chi connectivity index (χ4v) is 2.47. The van der Waals surface area contributed by atoms with Crippen LogP contribution in [0, 0.1) is 10.1 Å². The maximum absolute atomic E-state index is 11.7. The van der Waals surface area contributed by atoms with Gasteiger partial charge in [0.15, 0.2) is 6.29 Å². The van der Waals surface area contributed by atoms with E-state index in [2.05, 4.69) is 13.2 Å². The first-order valence-corrected chi connectivity index (χ1v) is 8.00. The molecule has 0 radical (unpaired) electrons. The molecular formula is C18H23N3O5. The molecule has 0 bridgehead atoms. The molecule has 0 saturated carbocycles. The first-order chi connectivity index (χ1) is 12.4. The summed E-state index contributed by atoms with van der Waals surface area (Å²) in [5.74, 6) is -0.458. The Hall–Kier alpha value is -3.16. The van der Waals surface area contributed by atoms with Gasteiger partial charge in [0.2, 0.25) is 0 Å². The van der Waals surface area contributed by atoms with Crippen LogP contribution in [0.25, 0.3) is 0 Å². The molecule has 0 aliphatic heterocycles. The van der Waals surface area contributed by atoms with E-state index in [1.807, 2.05) is 0 Å². The number of nitrogens with zero attached hydrogens (tertiary/aromatic N) is 3. The molecule has 0 aromatic heterocycles. The van der Waals surface area contributed by atoms with Crippen LogP contribution in [0.15, 0.2) is 37.4 Å². The molecule has 0 aliphatic rings. The normalized spacial score (nSPS) is 9.92. The van der Waals surface area contributed by atoms with Crippen LogP contribution in [0.4, 0.5) is 17.1 Å². The number of rotatable bonds is 11. The van der Waals surface area contributed by atoms with Gasteiger partial charge in [-0.25, -0.2) is 0 Å². The van der Waals surface area contributed by atoms with E-state index in [1.54, 1.807) is 31.0 Å². The van der Waals surface area contributed by atoms with Crippen molar-refractivity contribution in [1.29, 1.82) is 0 Å². The second-order valence-corrected chi connectivity index (χ2v) is 5.42. The third kappa shape index (κ3) is 5.17. The quantitative estimate of drug-likeness (QED) is 0.197. The minimum Gasteiger partial charge on any atom is -0.465 e. The molecule has 8 heteroatoms. The maximum atomic E-state index is 11.7. The number of benzene rings is 1. The zero-order chi connectivity index (χ0) is 19.7. The number of hydrogen-bond donors (Lipinski definition) is 0. The molecule has 0 heterocycles. The molecule has 0 unspecified atom stereocenters. The molecule has 1 aromatic carbocycles. The van der Waals surface area contributed by atoms with Gasteiger partial charge in [0.25, 0.3) is 5.69 Å². The summed E-state index contributed by atoms with van der Waals surface area (Å²) in [7, 11) is 1.61. The van der Waals surface area contributed by atoms with Crippen LogP contribution in [0.5, 0.6) is 0 Å². The van der Waals surface area contributed by atoms with Crippen LogP contribution < -0.4 is 9.80 Å². The van der Waals surface area contributed by atoms with Crippen molar-refractivity contribution in [2.45, 2.75) is 6.92 Å². The lowest BCUT2D eigenvalue weighted by Crippen LogP contribution is -2.29. The van der Waals surface area contributed by atoms with E-state index in [0.29, 0.717) is 30.8 Å². The van der Waals surface area contributed by atoms with E-state index < -0.39 is 10.9 Å². The third-order valence-electron chi connectivity index (χ3n) is 3.57. The number of anilines is 2. The van der Waals surface area contributed by atoms with Crippen LogP contribution in [-0.2, 0) is 9.53 Å². The van der Waals surface area contributed by atoms with Gasteiger partial charge in [-0.2, -0.15) is 0 Å². The standard InChI is InChI=1S/C18H23N3O5/c1-5-8-20(9-6-2)16-11-15(19(4)12-18(23)26-7-3)14(13-22)10-17(16)21(24)25/h5-6,10-11,13H,1-2,7-9,12H2,3-4H3. The van der Waals surface area contributed by atoms with Gasteiger partial charge in [-0.15, -0.1) is 13.2 Å². The molecule has 1 rings (SSSR count). The van der Waals surface area contributed by atoms with E-state index in [-0.39, 0.29) is 24.4 Å². The van der Waals surface area contributed by atoms with Gasteiger partial charge in [-0.3, -0.25) is 19.7 Å². The number of nitro groups is 1. The van der Waals surface area contributed by atoms with E-state index in [4.69, 9.17) is 4.74 Å². The Bertz CT molecular complexity index is 692. The van der Waals surface area contributed by atoms with Crippen molar-refractivity contribution in [3.05, 3.63) is 53.1 Å². The molecule has 0 spiro atoms. The molecule has 26 heavy (non-hydrogen) atoms. The van der Waals surface area contributed by atoms with E-state index in [0.717, 1.165) is 0 Å². The van der Waals surface area contributed by atoms with Crippen LogP contribution in [0.1, 0.15) is 17.3 Å². The summed E-state index contributed by atoms with van der Waals surface area (Å²) < 4.78 is 4.91. The molecule has 0 amide bonds. The maximum Gasteiger partial charge on any atom is 0.325 e. The molecule has 0 aliphatic carbocycles. The number of aldehydes is 1. The summed E-state index contributed by atoms with van der Waals surface area (Å²) >= 11 is 0. The molecular weight excluding hydrogens is 338 g/mol. The number of ether oxygens (including phenoxy) is 1. The Kier molecular flexibility index (Phi) is 8.01. The van der Waals surface area contributed by atoms with Gasteiger partial charge >= 0.3 is 5.97 Å². The Balaban J connectivity index is 3.45. The number of esters is 1. The minimum atomic E-state index is -0.545. The number of hydrogen-bond acceptors (Lipinski definition) is 7. The lowest BCUT2D eigenvalue weighted by Gasteiger charge is -2.25. The first-order valence-electron chi connectivity index (χ1n) is 8.00. The first kappa shape index (κ1) is 20.9. The van der Waals surface area contributed by atoms with Crippen molar-refractivity contribution in [1.82, 2.24) is 0 Å². The highest BCUT2D eigenvalue weighted by Crippen LogP contribution is 2.35. The van der Waals surface area contributed by atoms with E-state index in [9.17, 15) is 19.7 Å². The summed E-state index contributed by atoms with van der Waals surface area (Å²) in [6, 6.07) is 2.73. The zero-order valence-corrected chi connectivity index (χ0v) is 15.0. The van der Waals surface area contributed by atoms with Crippen molar-refractivity contribution in [2.75, 3.05) is 43.1 Å². The smallest absolute Gasteiger partial charge is 0.325 e. The monoisotopic (exact) mass is 361 g/mol. The minimum absolute atomic E-state index is 0.0884. The highest BCUT2D eigenvalue weighted by molar-refractivity contribution is 5.91. The summed E-state index contributed by atoms with van der Waals surface area (Å²) in [4.78, 5) is 37.3. The predicted molar refractivity (Wildman–Crippen MR) is 101 cm³/mol. The SMILES string of the molecule is C=CCN(CC=C)c1cc(N(C)CC(=O)OCC)c(C=O)cc1[N+](=O)[O-]. The van der Waals surface area contributed by atoms with Crippen molar-refractivity contribution in [2.24, 2.45) is 0 Å². The largest absolute Gasteiger partial charge is 0.465 e. The third-order valence-corrected chi connectivity index (χ3v) is 3.57. The van der Waals surface area contributed by atoms with Gasteiger partial charge in [0, 0.05) is 31.8 Å². The van der Waals surface area contributed by atoms with E-state index >= 15 is 0 Å². The van der Waals surface area contributed by atoms with Gasteiger partial charge in [0.1, 0.15) is 12.2 Å². The molecule has 0 fully saturated rings. The number of nitro benzene ring substituents is 1. The number of carbonyl (C=O) groups is 2. The Morgan fingerprint density at radius 1 is 1.27 bits per heavy atom. The van der Waals surface area contributed by atoms with Crippen molar-refractivity contribution in [3.8, 4) is 0 Å². The average molecular weight is 361 g/mol. The van der Waals surface area contributed by atoms with E-state index in [1.165, 1.54) is 17.0 Å². The van der Waals surface area contributed by atoms with Crippen molar-refractivity contribution < 1.29 is 19.2 Å². The van der Waals surface area contributed by atoms with Gasteiger partial charge < -0.3 is 14.5 Å². The van der Waals surface area contributed by atoms with Gasteiger partial charge in [-0.1, -0.05) is 12.2 Å². The average Bonchev–Trinajstić information content (AvgIpc) is 2.60. The second-order valence-electron chi connectivity index (χ2n) is 5.42. The molecule has 140 valence electrons. The lowest BCUT2D eigenvalue weighted by atomic mass is 10.1. The zero-order valence-electron chi connectivity index (χ0n) is 15.0. The summed E-state index contributed by atoms with van der Waals surface area (Å²) in [6.07, 6.45) is 3.75. The molecule has 0 N–H and O–H groups in total. The van der Waals surface area contributed by atoms with Crippen LogP contribution >= 0.6 is 0 Å². The predicted octanol–water partition coefficient (Wildman–Crippen LogP) is 2.59. The number of likely N-dealkylation sites (N-methyl/N-ethyl adjacent to an activating group) is 1. The molecule has 8 nitrogen and oxygen atoms in total. The van der Waals surface area contributed by atoms with Crippen molar-refractivity contribution >= 4 is 29.3 Å². The fraction of sp³-hybridized carbons (Fsp3) is 0.333. The topological polar surface area (TPSA) is 93.0 Å². The highest BCUT2D eigenvalue weighted by Gasteiger charge is 2.24. The molecule has 0 saturated heterocycles. The van der Waals surface area contributed by atoms with Crippen LogP contribution in [0.3, 0.4) is 0 Å². The van der Waals surface area contributed by atoms with Gasteiger partial charge in [0.05, 0.1) is 17.2 Å². The Labute approximate surface area is 152 Å². The fourth-order valence-electron chi connectivity index (χ4n) is 2.47. The Morgan fingerprint density at radius 2 is 1.88 bits per heavy atom. The van der Waals surface area contributed by atoms with Gasteiger partial charge in [-0.05, 0) is 13.0 Å². The van der Waals surface area contributed by atoms with Crippen molar-refractivity contribution in [3.63, 3.8) is 0 Å². The highest BCUT2D eigenvalue weighted by atomic mass is 16.6. The summed E-state index contributed by atoms with van der Waals surface area (Å²) in [6.45, 7) is 9.88. The van der Waals surface area contributed by atoms with Crippen LogP contribution in [0.2, 0.25) is 0 Å².